The summed E-state index contributed by atoms with van der Waals surface area (Å²) in [7, 11) is 0. The minimum atomic E-state index is 0.655. The monoisotopic (exact) mass is 273 g/mol. The van der Waals surface area contributed by atoms with Crippen molar-refractivity contribution in [3.63, 3.8) is 0 Å². The first-order chi connectivity index (χ1) is 9.86. The zero-order chi connectivity index (χ0) is 13.8. The van der Waals surface area contributed by atoms with Gasteiger partial charge in [0.05, 0.1) is 0 Å². The summed E-state index contributed by atoms with van der Waals surface area (Å²) in [6, 6.07) is 4.74. The van der Waals surface area contributed by atoms with Crippen LogP contribution in [0.4, 0.5) is 11.7 Å². The van der Waals surface area contributed by atoms with E-state index in [-0.39, 0.29) is 0 Å². The topological polar surface area (TPSA) is 58.3 Å². The fourth-order valence-corrected chi connectivity index (χ4v) is 2.40. The van der Waals surface area contributed by atoms with E-state index in [0.717, 1.165) is 44.9 Å². The number of aromatic nitrogens is 3. The van der Waals surface area contributed by atoms with Gasteiger partial charge in [0.1, 0.15) is 0 Å². The standard InChI is InChI=1S/C14H19N5O/c1-2-3-13-16-17-14(20-13)19-10-8-18(9-11-19)12-4-6-15-7-5-12/h4-7H,2-3,8-11H2,1H3. The Kier molecular flexibility index (Phi) is 3.80. The van der Waals surface area contributed by atoms with E-state index in [9.17, 15) is 0 Å². The van der Waals surface area contributed by atoms with Gasteiger partial charge in [-0.3, -0.25) is 4.98 Å². The van der Waals surface area contributed by atoms with Gasteiger partial charge in [-0.05, 0) is 18.6 Å². The Morgan fingerprint density at radius 3 is 2.45 bits per heavy atom. The van der Waals surface area contributed by atoms with E-state index >= 15 is 0 Å². The molecule has 0 N–H and O–H groups in total. The zero-order valence-corrected chi connectivity index (χ0v) is 11.7. The van der Waals surface area contributed by atoms with Crippen LogP contribution in [-0.4, -0.2) is 41.4 Å². The van der Waals surface area contributed by atoms with Crippen molar-refractivity contribution in [3.05, 3.63) is 30.4 Å². The molecule has 0 radical (unpaired) electrons. The summed E-state index contributed by atoms with van der Waals surface area (Å²) < 4.78 is 5.68. The van der Waals surface area contributed by atoms with Crippen molar-refractivity contribution in [2.45, 2.75) is 19.8 Å². The summed E-state index contributed by atoms with van der Waals surface area (Å²) in [5.74, 6) is 0.735. The van der Waals surface area contributed by atoms with Crippen molar-refractivity contribution in [3.8, 4) is 0 Å². The lowest BCUT2D eigenvalue weighted by atomic mass is 10.3. The summed E-state index contributed by atoms with van der Waals surface area (Å²) in [6.45, 7) is 5.81. The first-order valence-corrected chi connectivity index (χ1v) is 7.09. The molecule has 106 valence electrons. The normalized spacial score (nSPS) is 15.7. The van der Waals surface area contributed by atoms with E-state index in [1.54, 1.807) is 0 Å². The van der Waals surface area contributed by atoms with Crippen molar-refractivity contribution in [2.24, 2.45) is 0 Å². The minimum absolute atomic E-state index is 0.655. The van der Waals surface area contributed by atoms with Gasteiger partial charge in [0, 0.05) is 50.7 Å². The van der Waals surface area contributed by atoms with Gasteiger partial charge in [-0.2, -0.15) is 0 Å². The Hall–Kier alpha value is -2.11. The van der Waals surface area contributed by atoms with Gasteiger partial charge in [-0.15, -0.1) is 5.10 Å². The van der Waals surface area contributed by atoms with Gasteiger partial charge in [0.25, 0.3) is 0 Å². The van der Waals surface area contributed by atoms with Crippen LogP contribution in [0.5, 0.6) is 0 Å². The largest absolute Gasteiger partial charge is 0.408 e. The number of hydrogen-bond acceptors (Lipinski definition) is 6. The van der Waals surface area contributed by atoms with Crippen LogP contribution in [0.25, 0.3) is 0 Å². The smallest absolute Gasteiger partial charge is 0.318 e. The predicted molar refractivity (Wildman–Crippen MR) is 77.0 cm³/mol. The fraction of sp³-hybridized carbons (Fsp3) is 0.500. The Labute approximate surface area is 118 Å². The molecule has 6 nitrogen and oxygen atoms in total. The van der Waals surface area contributed by atoms with Crippen molar-refractivity contribution in [1.82, 2.24) is 15.2 Å². The molecule has 2 aromatic heterocycles. The Bertz CT molecular complexity index is 534. The molecule has 0 saturated carbocycles. The molecular weight excluding hydrogens is 254 g/mol. The molecule has 3 rings (SSSR count). The highest BCUT2D eigenvalue weighted by Gasteiger charge is 2.21. The SMILES string of the molecule is CCCc1nnc(N2CCN(c3ccncc3)CC2)o1. The number of anilines is 2. The number of hydrogen-bond donors (Lipinski definition) is 0. The van der Waals surface area contributed by atoms with E-state index in [4.69, 9.17) is 4.42 Å². The molecule has 2 aromatic rings. The van der Waals surface area contributed by atoms with Crippen molar-refractivity contribution < 1.29 is 4.42 Å². The molecule has 6 heteroatoms. The van der Waals surface area contributed by atoms with Crippen molar-refractivity contribution >= 4 is 11.7 Å². The summed E-state index contributed by atoms with van der Waals surface area (Å²) in [4.78, 5) is 8.56. The van der Waals surface area contributed by atoms with E-state index in [0.29, 0.717) is 6.01 Å². The summed E-state index contributed by atoms with van der Waals surface area (Å²) >= 11 is 0. The van der Waals surface area contributed by atoms with Crippen LogP contribution in [0.15, 0.2) is 28.9 Å². The molecule has 0 aliphatic carbocycles. The quantitative estimate of drug-likeness (QED) is 0.845. The highest BCUT2D eigenvalue weighted by molar-refractivity contribution is 5.46. The maximum absolute atomic E-state index is 5.68. The summed E-state index contributed by atoms with van der Waals surface area (Å²) in [6.07, 6.45) is 5.54. The van der Waals surface area contributed by atoms with Crippen LogP contribution in [-0.2, 0) is 6.42 Å². The number of aryl methyl sites for hydroxylation is 1. The lowest BCUT2D eigenvalue weighted by Crippen LogP contribution is -2.46. The van der Waals surface area contributed by atoms with E-state index in [1.165, 1.54) is 5.69 Å². The molecule has 0 amide bonds. The molecule has 1 aliphatic heterocycles. The Morgan fingerprint density at radius 2 is 1.75 bits per heavy atom. The van der Waals surface area contributed by atoms with E-state index in [2.05, 4.69) is 31.9 Å². The highest BCUT2D eigenvalue weighted by atomic mass is 16.4. The third kappa shape index (κ3) is 2.74. The molecule has 0 aromatic carbocycles. The van der Waals surface area contributed by atoms with Gasteiger partial charge in [-0.1, -0.05) is 12.0 Å². The van der Waals surface area contributed by atoms with Crippen LogP contribution in [0, 0.1) is 0 Å². The molecular formula is C14H19N5O. The molecule has 0 unspecified atom stereocenters. The molecule has 1 fully saturated rings. The van der Waals surface area contributed by atoms with Gasteiger partial charge < -0.3 is 14.2 Å². The van der Waals surface area contributed by atoms with Crippen molar-refractivity contribution in [2.75, 3.05) is 36.0 Å². The fourth-order valence-electron chi connectivity index (χ4n) is 2.40. The van der Waals surface area contributed by atoms with Crippen LogP contribution in [0.3, 0.4) is 0 Å². The maximum atomic E-state index is 5.68. The lowest BCUT2D eigenvalue weighted by Gasteiger charge is -2.34. The molecule has 0 bridgehead atoms. The molecule has 0 spiro atoms. The average molecular weight is 273 g/mol. The lowest BCUT2D eigenvalue weighted by molar-refractivity contribution is 0.472. The van der Waals surface area contributed by atoms with E-state index in [1.807, 2.05) is 24.5 Å². The van der Waals surface area contributed by atoms with Crippen LogP contribution >= 0.6 is 0 Å². The average Bonchev–Trinajstić information content (AvgIpc) is 2.97. The van der Waals surface area contributed by atoms with Crippen LogP contribution in [0.2, 0.25) is 0 Å². The third-order valence-corrected chi connectivity index (χ3v) is 3.50. The van der Waals surface area contributed by atoms with Crippen LogP contribution < -0.4 is 9.80 Å². The van der Waals surface area contributed by atoms with Gasteiger partial charge in [0.2, 0.25) is 5.89 Å². The number of rotatable bonds is 4. The molecule has 1 saturated heterocycles. The Morgan fingerprint density at radius 1 is 1.05 bits per heavy atom. The van der Waals surface area contributed by atoms with Gasteiger partial charge >= 0.3 is 6.01 Å². The van der Waals surface area contributed by atoms with Gasteiger partial charge in [-0.25, -0.2) is 0 Å². The molecule has 1 aliphatic rings. The minimum Gasteiger partial charge on any atom is -0.408 e. The van der Waals surface area contributed by atoms with E-state index < -0.39 is 0 Å². The van der Waals surface area contributed by atoms with Crippen LogP contribution in [0.1, 0.15) is 19.2 Å². The zero-order valence-electron chi connectivity index (χ0n) is 11.7. The molecule has 3 heterocycles. The van der Waals surface area contributed by atoms with Gasteiger partial charge in [0.15, 0.2) is 0 Å². The molecule has 20 heavy (non-hydrogen) atoms. The number of piperazine rings is 1. The highest BCUT2D eigenvalue weighted by Crippen LogP contribution is 2.19. The second kappa shape index (κ2) is 5.90. The second-order valence-corrected chi connectivity index (χ2v) is 4.91. The predicted octanol–water partition coefficient (Wildman–Crippen LogP) is 1.74. The first-order valence-electron chi connectivity index (χ1n) is 7.09. The second-order valence-electron chi connectivity index (χ2n) is 4.91. The Balaban J connectivity index is 1.60. The number of pyridine rings is 1. The number of nitrogens with zero attached hydrogens (tertiary/aromatic N) is 5. The molecule has 0 atom stereocenters. The third-order valence-electron chi connectivity index (χ3n) is 3.50. The first kappa shape index (κ1) is 12.9. The summed E-state index contributed by atoms with van der Waals surface area (Å²) in [5.41, 5.74) is 1.22. The summed E-state index contributed by atoms with van der Waals surface area (Å²) in [5, 5.41) is 8.22. The van der Waals surface area contributed by atoms with Crippen molar-refractivity contribution in [1.29, 1.82) is 0 Å². The maximum Gasteiger partial charge on any atom is 0.318 e.